The van der Waals surface area contributed by atoms with Crippen molar-refractivity contribution in [2.45, 2.75) is 93.3 Å². The monoisotopic (exact) mass is 531 g/mol. The number of halogens is 1. The van der Waals surface area contributed by atoms with Crippen LogP contribution in [0.2, 0.25) is 0 Å². The predicted molar refractivity (Wildman–Crippen MR) is 131 cm³/mol. The second-order valence-corrected chi connectivity index (χ2v) is 14.1. The summed E-state index contributed by atoms with van der Waals surface area (Å²) in [5, 5.41) is 16.0. The first-order valence-corrected chi connectivity index (χ1v) is 13.3. The summed E-state index contributed by atoms with van der Waals surface area (Å²) in [4.78, 5) is 42.2. The lowest BCUT2D eigenvalue weighted by Gasteiger charge is -2.40. The molecule has 3 unspecified atom stereocenters. The van der Waals surface area contributed by atoms with Gasteiger partial charge in [-0.1, -0.05) is 43.6 Å². The van der Waals surface area contributed by atoms with Gasteiger partial charge in [0.05, 0.1) is 29.2 Å². The SMILES string of the molecule is CC[C@@H](CO)N1C(=O)[C@@H]2[C@@H](C(=O)NC)[C@@H]3SC2(CC3Br)C1C(=O)NC(C)(C)CC(C)(C)C. The minimum absolute atomic E-state index is 0.0195. The van der Waals surface area contributed by atoms with E-state index in [0.29, 0.717) is 12.8 Å². The van der Waals surface area contributed by atoms with Crippen LogP contribution in [0.5, 0.6) is 0 Å². The second kappa shape index (κ2) is 8.77. The number of hydrogen-bond acceptors (Lipinski definition) is 5. The van der Waals surface area contributed by atoms with E-state index >= 15 is 0 Å². The number of nitrogens with zero attached hydrogens (tertiary/aromatic N) is 1. The summed E-state index contributed by atoms with van der Waals surface area (Å²) in [6.45, 7) is 12.1. The van der Waals surface area contributed by atoms with Crippen molar-refractivity contribution in [2.24, 2.45) is 17.3 Å². The van der Waals surface area contributed by atoms with Gasteiger partial charge in [-0.15, -0.1) is 11.8 Å². The van der Waals surface area contributed by atoms with E-state index < -0.39 is 34.2 Å². The molecule has 32 heavy (non-hydrogen) atoms. The average Bonchev–Trinajstić information content (AvgIpc) is 3.24. The number of amides is 3. The lowest BCUT2D eigenvalue weighted by Crippen LogP contribution is -2.60. The standard InChI is InChI=1S/C23H38BrN3O4S/c1-8-12(10-28)27-17(19(30)26-22(5,6)11-21(2,3)4)23-9-13(24)16(32-23)14(18(29)25-7)15(23)20(27)31/h12-17,28H,8-11H2,1-7H3,(H,25,29)(H,26,30)/t12-,13?,14+,15-,16+,17?,23?/m0/s1. The molecule has 7 nitrogen and oxygen atoms in total. The van der Waals surface area contributed by atoms with Gasteiger partial charge in [-0.05, 0) is 38.5 Å². The summed E-state index contributed by atoms with van der Waals surface area (Å²) in [6, 6.07) is -1.18. The van der Waals surface area contributed by atoms with Crippen molar-refractivity contribution >= 4 is 45.4 Å². The van der Waals surface area contributed by atoms with Gasteiger partial charge in [-0.3, -0.25) is 14.4 Å². The highest BCUT2D eigenvalue weighted by Gasteiger charge is 2.76. The summed E-state index contributed by atoms with van der Waals surface area (Å²) < 4.78 is -0.683. The first-order chi connectivity index (χ1) is 14.7. The molecule has 3 fully saturated rings. The van der Waals surface area contributed by atoms with E-state index in [-0.39, 0.29) is 39.8 Å². The van der Waals surface area contributed by atoms with Crippen LogP contribution >= 0.6 is 27.7 Å². The van der Waals surface area contributed by atoms with Gasteiger partial charge in [-0.2, -0.15) is 0 Å². The number of nitrogens with one attached hydrogen (secondary N) is 2. The molecular weight excluding hydrogens is 494 g/mol. The van der Waals surface area contributed by atoms with Gasteiger partial charge in [0.2, 0.25) is 17.7 Å². The Morgan fingerprint density at radius 2 is 1.91 bits per heavy atom. The highest BCUT2D eigenvalue weighted by molar-refractivity contribution is 9.09. The van der Waals surface area contributed by atoms with Crippen LogP contribution in [0.25, 0.3) is 0 Å². The number of carbonyl (C=O) groups excluding carboxylic acids is 3. The van der Waals surface area contributed by atoms with E-state index in [4.69, 9.17) is 0 Å². The average molecular weight is 533 g/mol. The number of aliphatic hydroxyl groups is 1. The molecule has 3 N–H and O–H groups in total. The summed E-state index contributed by atoms with van der Waals surface area (Å²) in [5.41, 5.74) is -0.444. The van der Waals surface area contributed by atoms with Crippen LogP contribution in [0.1, 0.15) is 60.8 Å². The highest BCUT2D eigenvalue weighted by Crippen LogP contribution is 2.68. The normalized spacial score (nSPS) is 35.1. The van der Waals surface area contributed by atoms with Gasteiger partial charge in [0.1, 0.15) is 6.04 Å². The molecule has 3 aliphatic rings. The smallest absolute Gasteiger partial charge is 0.244 e. The van der Waals surface area contributed by atoms with E-state index in [9.17, 15) is 19.5 Å². The third-order valence-electron chi connectivity index (χ3n) is 7.03. The molecule has 2 bridgehead atoms. The number of alkyl halides is 1. The van der Waals surface area contributed by atoms with Crippen LogP contribution in [0, 0.1) is 17.3 Å². The molecule has 3 saturated heterocycles. The number of hydrogen-bond donors (Lipinski definition) is 3. The molecule has 0 aliphatic carbocycles. The third-order valence-corrected chi connectivity index (χ3v) is 10.3. The maximum Gasteiger partial charge on any atom is 0.244 e. The maximum atomic E-state index is 13.9. The Labute approximate surface area is 204 Å². The molecule has 7 atom stereocenters. The number of carbonyl (C=O) groups is 3. The van der Waals surface area contributed by atoms with E-state index in [0.717, 1.165) is 6.42 Å². The first-order valence-electron chi connectivity index (χ1n) is 11.5. The van der Waals surface area contributed by atoms with Gasteiger partial charge in [0.25, 0.3) is 0 Å². The Kier molecular flexibility index (Phi) is 7.07. The van der Waals surface area contributed by atoms with Gasteiger partial charge in [-0.25, -0.2) is 0 Å². The minimum atomic E-state index is -0.721. The molecule has 182 valence electrons. The Morgan fingerprint density at radius 3 is 2.41 bits per heavy atom. The fourth-order valence-electron chi connectivity index (χ4n) is 6.41. The van der Waals surface area contributed by atoms with E-state index in [1.165, 1.54) is 0 Å². The number of fused-ring (bicyclic) bond motifs is 1. The van der Waals surface area contributed by atoms with Gasteiger partial charge in [0, 0.05) is 22.7 Å². The van der Waals surface area contributed by atoms with Crippen LogP contribution in [-0.4, -0.2) is 73.8 Å². The lowest BCUT2D eigenvalue weighted by molar-refractivity contribution is -0.143. The Morgan fingerprint density at radius 1 is 1.28 bits per heavy atom. The Balaban J connectivity index is 2.04. The molecule has 9 heteroatoms. The Hall–Kier alpha value is -0.800. The molecule has 3 rings (SSSR count). The third kappa shape index (κ3) is 4.22. The van der Waals surface area contributed by atoms with E-state index in [1.54, 1.807) is 23.7 Å². The zero-order valence-electron chi connectivity index (χ0n) is 20.2. The summed E-state index contributed by atoms with van der Waals surface area (Å²) in [7, 11) is 1.59. The summed E-state index contributed by atoms with van der Waals surface area (Å²) in [5.74, 6) is -1.57. The quantitative estimate of drug-likeness (QED) is 0.437. The van der Waals surface area contributed by atoms with Crippen molar-refractivity contribution in [2.75, 3.05) is 13.7 Å². The molecule has 0 radical (unpaired) electrons. The number of likely N-dealkylation sites (tertiary alicyclic amines) is 1. The predicted octanol–water partition coefficient (Wildman–Crippen LogP) is 2.30. The molecule has 0 aromatic rings. The first kappa shape index (κ1) is 25.8. The molecule has 0 aromatic carbocycles. The molecular formula is C23H38BrN3O4S. The van der Waals surface area contributed by atoms with Crippen molar-refractivity contribution in [3.05, 3.63) is 0 Å². The van der Waals surface area contributed by atoms with Gasteiger partial charge in [0.15, 0.2) is 0 Å². The van der Waals surface area contributed by atoms with Crippen LogP contribution in [0.3, 0.4) is 0 Å². The molecule has 3 aliphatic heterocycles. The maximum absolute atomic E-state index is 13.9. The number of rotatable bonds is 7. The zero-order chi connectivity index (χ0) is 24.2. The van der Waals surface area contributed by atoms with Crippen LogP contribution in [0.4, 0.5) is 0 Å². The van der Waals surface area contributed by atoms with E-state index in [1.807, 2.05) is 20.8 Å². The van der Waals surface area contributed by atoms with Crippen LogP contribution < -0.4 is 10.6 Å². The lowest BCUT2D eigenvalue weighted by atomic mass is 9.70. The van der Waals surface area contributed by atoms with Crippen molar-refractivity contribution in [1.29, 1.82) is 0 Å². The second-order valence-electron chi connectivity index (χ2n) is 11.4. The molecule has 1 spiro atoms. The molecule has 3 heterocycles. The largest absolute Gasteiger partial charge is 0.394 e. The van der Waals surface area contributed by atoms with Crippen LogP contribution in [-0.2, 0) is 14.4 Å². The number of aliphatic hydroxyl groups excluding tert-OH is 1. The molecule has 0 aromatic heterocycles. The van der Waals surface area contributed by atoms with Crippen LogP contribution in [0.15, 0.2) is 0 Å². The molecule has 0 saturated carbocycles. The van der Waals surface area contributed by atoms with Crippen molar-refractivity contribution < 1.29 is 19.5 Å². The number of thioether (sulfide) groups is 1. The van der Waals surface area contributed by atoms with Gasteiger partial charge < -0.3 is 20.6 Å². The molecule has 3 amide bonds. The van der Waals surface area contributed by atoms with Gasteiger partial charge >= 0.3 is 0 Å². The summed E-state index contributed by atoms with van der Waals surface area (Å²) >= 11 is 5.36. The van der Waals surface area contributed by atoms with Crippen molar-refractivity contribution in [3.63, 3.8) is 0 Å². The fraction of sp³-hybridized carbons (Fsp3) is 0.870. The zero-order valence-corrected chi connectivity index (χ0v) is 22.6. The minimum Gasteiger partial charge on any atom is -0.394 e. The fourth-order valence-corrected chi connectivity index (χ4v) is 10.0. The topological polar surface area (TPSA) is 98.7 Å². The Bertz CT molecular complexity index is 782. The summed E-state index contributed by atoms with van der Waals surface area (Å²) in [6.07, 6.45) is 1.96. The van der Waals surface area contributed by atoms with E-state index in [2.05, 4.69) is 47.3 Å². The van der Waals surface area contributed by atoms with Crippen molar-refractivity contribution in [1.82, 2.24) is 15.5 Å². The highest BCUT2D eigenvalue weighted by atomic mass is 79.9. The van der Waals surface area contributed by atoms with Crippen molar-refractivity contribution in [3.8, 4) is 0 Å².